The van der Waals surface area contributed by atoms with Crippen molar-refractivity contribution in [3.05, 3.63) is 29.7 Å². The molecule has 1 saturated heterocycles. The van der Waals surface area contributed by atoms with Gasteiger partial charge in [-0.15, -0.1) is 10.2 Å². The molecule has 0 aliphatic carbocycles. The van der Waals surface area contributed by atoms with Crippen molar-refractivity contribution in [3.63, 3.8) is 0 Å². The van der Waals surface area contributed by atoms with Crippen LogP contribution in [0.15, 0.2) is 18.3 Å². The van der Waals surface area contributed by atoms with E-state index in [1.54, 1.807) is 18.3 Å². The normalized spacial score (nSPS) is 20.4. The first-order chi connectivity index (χ1) is 9.70. The Bertz CT molecular complexity index is 637. The van der Waals surface area contributed by atoms with Crippen molar-refractivity contribution in [2.24, 2.45) is 0 Å². The SMILES string of the molecule is CCN1CCCCC1c1nnc2cc(C(=O)O)ccn12. The maximum absolute atomic E-state index is 11.0. The Balaban J connectivity index is 2.01. The Morgan fingerprint density at radius 3 is 3.05 bits per heavy atom. The van der Waals surface area contributed by atoms with E-state index in [9.17, 15) is 4.79 Å². The molecule has 1 N–H and O–H groups in total. The van der Waals surface area contributed by atoms with E-state index in [0.29, 0.717) is 5.65 Å². The van der Waals surface area contributed by atoms with E-state index in [1.807, 2.05) is 4.40 Å². The molecule has 1 aliphatic rings. The van der Waals surface area contributed by atoms with Crippen LogP contribution in [0.4, 0.5) is 0 Å². The Morgan fingerprint density at radius 1 is 1.45 bits per heavy atom. The van der Waals surface area contributed by atoms with Crippen molar-refractivity contribution in [2.75, 3.05) is 13.1 Å². The molecular weight excluding hydrogens is 256 g/mol. The Kier molecular flexibility index (Phi) is 3.40. The van der Waals surface area contributed by atoms with Crippen LogP contribution in [-0.2, 0) is 0 Å². The van der Waals surface area contributed by atoms with Gasteiger partial charge in [-0.05, 0) is 38.1 Å². The van der Waals surface area contributed by atoms with Gasteiger partial charge in [0.1, 0.15) is 0 Å². The van der Waals surface area contributed by atoms with E-state index in [4.69, 9.17) is 5.11 Å². The van der Waals surface area contributed by atoms with Gasteiger partial charge in [0.25, 0.3) is 0 Å². The number of hydrogen-bond donors (Lipinski definition) is 1. The van der Waals surface area contributed by atoms with Gasteiger partial charge in [-0.3, -0.25) is 9.30 Å². The molecule has 1 fully saturated rings. The lowest BCUT2D eigenvalue weighted by Crippen LogP contribution is -2.34. The highest BCUT2D eigenvalue weighted by atomic mass is 16.4. The molecule has 1 aliphatic heterocycles. The van der Waals surface area contributed by atoms with E-state index in [-0.39, 0.29) is 11.6 Å². The summed E-state index contributed by atoms with van der Waals surface area (Å²) in [5.41, 5.74) is 0.842. The first-order valence-corrected chi connectivity index (χ1v) is 7.02. The van der Waals surface area contributed by atoms with Crippen molar-refractivity contribution >= 4 is 11.6 Å². The highest BCUT2D eigenvalue weighted by Crippen LogP contribution is 2.29. The molecule has 0 bridgehead atoms. The van der Waals surface area contributed by atoms with Gasteiger partial charge < -0.3 is 5.11 Å². The molecule has 6 nitrogen and oxygen atoms in total. The van der Waals surface area contributed by atoms with Gasteiger partial charge >= 0.3 is 5.97 Å². The van der Waals surface area contributed by atoms with Crippen molar-refractivity contribution in [1.82, 2.24) is 19.5 Å². The minimum atomic E-state index is -0.940. The number of carboxylic acids is 1. The molecule has 2 aromatic rings. The lowest BCUT2D eigenvalue weighted by molar-refractivity contribution is 0.0697. The zero-order valence-electron chi connectivity index (χ0n) is 11.5. The summed E-state index contributed by atoms with van der Waals surface area (Å²) in [5, 5.41) is 17.4. The molecule has 2 aromatic heterocycles. The number of hydrogen-bond acceptors (Lipinski definition) is 4. The number of likely N-dealkylation sites (tertiary alicyclic amines) is 1. The van der Waals surface area contributed by atoms with Crippen LogP contribution in [0.1, 0.15) is 48.4 Å². The fourth-order valence-corrected chi connectivity index (χ4v) is 2.93. The van der Waals surface area contributed by atoms with Crippen LogP contribution >= 0.6 is 0 Å². The number of aromatic nitrogens is 3. The Labute approximate surface area is 117 Å². The minimum Gasteiger partial charge on any atom is -0.478 e. The maximum atomic E-state index is 11.0. The smallest absolute Gasteiger partial charge is 0.335 e. The largest absolute Gasteiger partial charge is 0.478 e. The van der Waals surface area contributed by atoms with E-state index >= 15 is 0 Å². The van der Waals surface area contributed by atoms with E-state index in [1.165, 1.54) is 12.8 Å². The Morgan fingerprint density at radius 2 is 2.30 bits per heavy atom. The van der Waals surface area contributed by atoms with Crippen LogP contribution in [-0.4, -0.2) is 43.7 Å². The molecule has 1 atom stereocenters. The number of carboxylic acid groups (broad SMARTS) is 1. The molecule has 1 unspecified atom stereocenters. The van der Waals surface area contributed by atoms with Crippen LogP contribution in [0.3, 0.4) is 0 Å². The summed E-state index contributed by atoms with van der Waals surface area (Å²) in [5.74, 6) is -0.0246. The number of pyridine rings is 1. The van der Waals surface area contributed by atoms with Crippen molar-refractivity contribution in [3.8, 4) is 0 Å². The monoisotopic (exact) mass is 274 g/mol. The van der Waals surface area contributed by atoms with Crippen LogP contribution in [0.25, 0.3) is 5.65 Å². The fourth-order valence-electron chi connectivity index (χ4n) is 2.93. The minimum absolute atomic E-state index is 0.243. The third-order valence-electron chi connectivity index (χ3n) is 4.00. The van der Waals surface area contributed by atoms with Crippen molar-refractivity contribution in [1.29, 1.82) is 0 Å². The molecule has 6 heteroatoms. The quantitative estimate of drug-likeness (QED) is 0.926. The average Bonchev–Trinajstić information content (AvgIpc) is 2.89. The Hall–Kier alpha value is -1.95. The molecule has 0 saturated carbocycles. The lowest BCUT2D eigenvalue weighted by Gasteiger charge is -2.33. The van der Waals surface area contributed by atoms with Gasteiger partial charge in [-0.2, -0.15) is 0 Å². The predicted molar refractivity (Wildman–Crippen MR) is 73.8 cm³/mol. The number of rotatable bonds is 3. The fraction of sp³-hybridized carbons (Fsp3) is 0.500. The van der Waals surface area contributed by atoms with Crippen LogP contribution in [0.5, 0.6) is 0 Å². The predicted octanol–water partition coefficient (Wildman–Crippen LogP) is 1.97. The van der Waals surface area contributed by atoms with Gasteiger partial charge in [-0.25, -0.2) is 4.79 Å². The van der Waals surface area contributed by atoms with Crippen LogP contribution in [0, 0.1) is 0 Å². The second kappa shape index (κ2) is 5.20. The van der Waals surface area contributed by atoms with E-state index in [0.717, 1.165) is 25.3 Å². The zero-order valence-corrected chi connectivity index (χ0v) is 11.5. The summed E-state index contributed by atoms with van der Waals surface area (Å²) < 4.78 is 1.91. The number of fused-ring (bicyclic) bond motifs is 1. The number of piperidine rings is 1. The summed E-state index contributed by atoms with van der Waals surface area (Å²) in [4.78, 5) is 13.4. The molecule has 0 amide bonds. The second-order valence-electron chi connectivity index (χ2n) is 5.15. The molecule has 3 rings (SSSR count). The molecule has 0 radical (unpaired) electrons. The topological polar surface area (TPSA) is 70.7 Å². The first kappa shape index (κ1) is 13.1. The van der Waals surface area contributed by atoms with Gasteiger partial charge in [0.2, 0.25) is 0 Å². The summed E-state index contributed by atoms with van der Waals surface area (Å²) in [7, 11) is 0. The van der Waals surface area contributed by atoms with Gasteiger partial charge in [-0.1, -0.05) is 13.3 Å². The van der Waals surface area contributed by atoms with Crippen molar-refractivity contribution in [2.45, 2.75) is 32.2 Å². The van der Waals surface area contributed by atoms with Crippen LogP contribution in [0.2, 0.25) is 0 Å². The molecule has 0 spiro atoms. The van der Waals surface area contributed by atoms with Gasteiger partial charge in [0.15, 0.2) is 11.5 Å². The second-order valence-corrected chi connectivity index (χ2v) is 5.15. The maximum Gasteiger partial charge on any atom is 0.335 e. The van der Waals surface area contributed by atoms with E-state index in [2.05, 4.69) is 22.0 Å². The van der Waals surface area contributed by atoms with E-state index < -0.39 is 5.97 Å². The van der Waals surface area contributed by atoms with Gasteiger partial charge in [0, 0.05) is 6.20 Å². The summed E-state index contributed by atoms with van der Waals surface area (Å²) in [6.45, 7) is 4.24. The van der Waals surface area contributed by atoms with Gasteiger partial charge in [0.05, 0.1) is 11.6 Å². The summed E-state index contributed by atoms with van der Waals surface area (Å²) >= 11 is 0. The molecule has 0 aromatic carbocycles. The molecule has 3 heterocycles. The molecule has 20 heavy (non-hydrogen) atoms. The standard InChI is InChI=1S/C14H18N4O2/c1-2-17-7-4-3-5-11(17)13-16-15-12-9-10(14(19)20)6-8-18(12)13/h6,8-9,11H,2-5,7H2,1H3,(H,19,20). The lowest BCUT2D eigenvalue weighted by atomic mass is 10.0. The number of aromatic carboxylic acids is 1. The summed E-state index contributed by atoms with van der Waals surface area (Å²) in [6.07, 6.45) is 5.26. The first-order valence-electron chi connectivity index (χ1n) is 7.02. The highest BCUT2D eigenvalue weighted by molar-refractivity contribution is 5.88. The average molecular weight is 274 g/mol. The molecular formula is C14H18N4O2. The molecule has 106 valence electrons. The number of nitrogens with zero attached hydrogens (tertiary/aromatic N) is 4. The third-order valence-corrected chi connectivity index (χ3v) is 4.00. The van der Waals surface area contributed by atoms with Crippen molar-refractivity contribution < 1.29 is 9.90 Å². The van der Waals surface area contributed by atoms with Crippen LogP contribution < -0.4 is 0 Å². The third kappa shape index (κ3) is 2.16. The number of carbonyl (C=O) groups is 1. The summed E-state index contributed by atoms with van der Waals surface area (Å²) in [6, 6.07) is 3.44. The zero-order chi connectivity index (χ0) is 14.1. The highest BCUT2D eigenvalue weighted by Gasteiger charge is 2.26.